The molecule has 0 fully saturated rings. The molecular weight excluding hydrogens is 230 g/mol. The normalized spacial score (nSPS) is 13.0. The monoisotopic (exact) mass is 239 g/mol. The molecule has 0 bridgehead atoms. The van der Waals surface area contributed by atoms with E-state index in [0.717, 1.165) is 0 Å². The molecule has 0 amide bonds. The lowest BCUT2D eigenvalue weighted by molar-refractivity contribution is 0.195. The van der Waals surface area contributed by atoms with Crippen molar-refractivity contribution in [2.75, 3.05) is 0 Å². The number of halogens is 1. The van der Waals surface area contributed by atoms with Crippen LogP contribution in [0.5, 0.6) is 0 Å². The van der Waals surface area contributed by atoms with Gasteiger partial charge in [-0.2, -0.15) is 0 Å². The van der Waals surface area contributed by atoms with E-state index in [1.54, 1.807) is 6.92 Å². The van der Waals surface area contributed by atoms with Crippen LogP contribution in [0.3, 0.4) is 0 Å². The molecule has 0 radical (unpaired) electrons. The van der Waals surface area contributed by atoms with Gasteiger partial charge in [0, 0.05) is 0 Å². The van der Waals surface area contributed by atoms with E-state index in [0.29, 0.717) is 16.4 Å². The van der Waals surface area contributed by atoms with Crippen molar-refractivity contribution in [3.05, 3.63) is 33.0 Å². The van der Waals surface area contributed by atoms with Crippen molar-refractivity contribution in [1.29, 1.82) is 0 Å². The van der Waals surface area contributed by atoms with Crippen LogP contribution in [0.4, 0.5) is 0 Å². The van der Waals surface area contributed by atoms with Crippen LogP contribution in [0, 0.1) is 6.92 Å². The van der Waals surface area contributed by atoms with Crippen molar-refractivity contribution < 1.29 is 5.11 Å². The number of hydrogen-bond acceptors (Lipinski definition) is 4. The molecule has 0 aromatic carbocycles. The molecular formula is C10H10ClN3O2. The maximum absolute atomic E-state index is 11.6. The van der Waals surface area contributed by atoms with Gasteiger partial charge in [-0.3, -0.25) is 4.79 Å². The molecule has 2 N–H and O–H groups in total. The van der Waals surface area contributed by atoms with E-state index in [-0.39, 0.29) is 16.8 Å². The van der Waals surface area contributed by atoms with E-state index < -0.39 is 6.10 Å². The maximum atomic E-state index is 11.6. The van der Waals surface area contributed by atoms with Crippen molar-refractivity contribution in [3.8, 4) is 0 Å². The first-order valence-electron chi connectivity index (χ1n) is 4.74. The van der Waals surface area contributed by atoms with Gasteiger partial charge in [-0.15, -0.1) is 0 Å². The molecule has 84 valence electrons. The first-order valence-corrected chi connectivity index (χ1v) is 5.12. The molecule has 0 spiro atoms. The summed E-state index contributed by atoms with van der Waals surface area (Å²) in [6.07, 6.45) is -0.822. The van der Waals surface area contributed by atoms with Gasteiger partial charge in [0.2, 0.25) is 0 Å². The fourth-order valence-electron chi connectivity index (χ4n) is 1.47. The Morgan fingerprint density at radius 1 is 1.50 bits per heavy atom. The van der Waals surface area contributed by atoms with E-state index in [1.165, 1.54) is 13.0 Å². The maximum Gasteiger partial charge on any atom is 0.277 e. The number of nitrogens with zero attached hydrogens (tertiary/aromatic N) is 2. The number of H-pyrrole nitrogens is 1. The minimum absolute atomic E-state index is 0.186. The minimum atomic E-state index is -0.822. The molecule has 1 unspecified atom stereocenters. The van der Waals surface area contributed by atoms with Gasteiger partial charge in [-0.05, 0) is 19.9 Å². The van der Waals surface area contributed by atoms with Crippen molar-refractivity contribution >= 4 is 22.6 Å². The Morgan fingerprint density at radius 3 is 2.81 bits per heavy atom. The Hall–Kier alpha value is -1.46. The number of rotatable bonds is 1. The van der Waals surface area contributed by atoms with Gasteiger partial charge < -0.3 is 10.1 Å². The highest BCUT2D eigenvalue weighted by Crippen LogP contribution is 2.22. The fourth-order valence-corrected chi connectivity index (χ4v) is 1.77. The van der Waals surface area contributed by atoms with E-state index in [9.17, 15) is 9.90 Å². The Labute approximate surface area is 96.1 Å². The number of nitrogens with one attached hydrogen (secondary N) is 1. The average Bonchev–Trinajstić information content (AvgIpc) is 2.15. The lowest BCUT2D eigenvalue weighted by Crippen LogP contribution is -2.13. The molecule has 0 aliphatic heterocycles. The summed E-state index contributed by atoms with van der Waals surface area (Å²) in [6.45, 7) is 3.22. The van der Waals surface area contributed by atoms with Crippen LogP contribution >= 0.6 is 11.6 Å². The fraction of sp³-hybridized carbons (Fsp3) is 0.300. The molecule has 2 rings (SSSR count). The molecule has 2 heterocycles. The van der Waals surface area contributed by atoms with Crippen molar-refractivity contribution in [1.82, 2.24) is 15.0 Å². The highest BCUT2D eigenvalue weighted by molar-refractivity contribution is 6.31. The van der Waals surface area contributed by atoms with E-state index in [2.05, 4.69) is 15.0 Å². The second-order valence-corrected chi connectivity index (χ2v) is 3.96. The molecule has 1 atom stereocenters. The molecule has 6 heteroatoms. The summed E-state index contributed by atoms with van der Waals surface area (Å²) in [4.78, 5) is 22.3. The first-order chi connectivity index (χ1) is 7.49. The summed E-state index contributed by atoms with van der Waals surface area (Å²) in [5.41, 5.74) is 0.563. The first kappa shape index (κ1) is 11.0. The lowest BCUT2D eigenvalue weighted by Gasteiger charge is -2.07. The third-order valence-corrected chi connectivity index (χ3v) is 2.48. The smallest absolute Gasteiger partial charge is 0.277 e. The highest BCUT2D eigenvalue weighted by Gasteiger charge is 2.12. The topological polar surface area (TPSA) is 78.9 Å². The van der Waals surface area contributed by atoms with Gasteiger partial charge in [0.05, 0.1) is 22.3 Å². The Kier molecular flexibility index (Phi) is 2.65. The van der Waals surface area contributed by atoms with Crippen LogP contribution in [0.1, 0.15) is 24.5 Å². The van der Waals surface area contributed by atoms with Gasteiger partial charge >= 0.3 is 0 Å². The van der Waals surface area contributed by atoms with Gasteiger partial charge in [0.1, 0.15) is 5.82 Å². The molecule has 0 aliphatic rings. The van der Waals surface area contributed by atoms with Crippen molar-refractivity contribution in [3.63, 3.8) is 0 Å². The second-order valence-electron chi connectivity index (χ2n) is 3.55. The molecule has 0 saturated heterocycles. The summed E-state index contributed by atoms with van der Waals surface area (Å²) in [5, 5.41) is 9.74. The zero-order chi connectivity index (χ0) is 11.9. The summed E-state index contributed by atoms with van der Waals surface area (Å²) in [5.74, 6) is 0.500. The van der Waals surface area contributed by atoms with Crippen molar-refractivity contribution in [2.45, 2.75) is 20.0 Å². The van der Waals surface area contributed by atoms with E-state index in [4.69, 9.17) is 11.6 Å². The van der Waals surface area contributed by atoms with Crippen LogP contribution < -0.4 is 5.56 Å². The number of aromatic amines is 1. The molecule has 0 saturated carbocycles. The molecule has 0 aliphatic carbocycles. The van der Waals surface area contributed by atoms with Gasteiger partial charge in [-0.25, -0.2) is 9.97 Å². The lowest BCUT2D eigenvalue weighted by atomic mass is 10.2. The zero-order valence-electron chi connectivity index (χ0n) is 8.78. The summed E-state index contributed by atoms with van der Waals surface area (Å²) >= 11 is 5.93. The Morgan fingerprint density at radius 2 is 2.19 bits per heavy atom. The van der Waals surface area contributed by atoms with Crippen LogP contribution in [0.25, 0.3) is 11.0 Å². The molecule has 2 aromatic heterocycles. The number of aliphatic hydroxyl groups is 1. The van der Waals surface area contributed by atoms with Gasteiger partial charge in [-0.1, -0.05) is 11.6 Å². The predicted octanol–water partition coefficient (Wildman–Crippen LogP) is 1.33. The SMILES string of the molecule is Cc1nc2cc(Cl)c(C(C)O)nc2c(=O)[nH]1. The quantitative estimate of drug-likeness (QED) is 0.787. The number of aryl methyl sites for hydroxylation is 1. The summed E-state index contributed by atoms with van der Waals surface area (Å²) in [6, 6.07) is 1.54. The minimum Gasteiger partial charge on any atom is -0.387 e. The summed E-state index contributed by atoms with van der Waals surface area (Å²) in [7, 11) is 0. The number of fused-ring (bicyclic) bond motifs is 1. The average molecular weight is 240 g/mol. The third kappa shape index (κ3) is 1.79. The molecule has 5 nitrogen and oxygen atoms in total. The van der Waals surface area contributed by atoms with E-state index >= 15 is 0 Å². The van der Waals surface area contributed by atoms with Gasteiger partial charge in [0.15, 0.2) is 5.52 Å². The predicted molar refractivity (Wildman–Crippen MR) is 60.5 cm³/mol. The highest BCUT2D eigenvalue weighted by atomic mass is 35.5. The van der Waals surface area contributed by atoms with Gasteiger partial charge in [0.25, 0.3) is 5.56 Å². The number of aliphatic hydroxyl groups excluding tert-OH is 1. The Balaban J connectivity index is 2.85. The Bertz CT molecular complexity index is 607. The standard InChI is InChI=1S/C10H10ClN3O2/c1-4(15)8-6(11)3-7-9(14-8)10(16)13-5(2)12-7/h3-4,15H,1-2H3,(H,12,13,16). The van der Waals surface area contributed by atoms with Crippen molar-refractivity contribution in [2.24, 2.45) is 0 Å². The summed E-state index contributed by atoms with van der Waals surface area (Å²) < 4.78 is 0. The van der Waals surface area contributed by atoms with Crippen LogP contribution in [-0.2, 0) is 0 Å². The largest absolute Gasteiger partial charge is 0.387 e. The molecule has 2 aromatic rings. The third-order valence-electron chi connectivity index (χ3n) is 2.18. The van der Waals surface area contributed by atoms with Crippen LogP contribution in [0.15, 0.2) is 10.9 Å². The zero-order valence-corrected chi connectivity index (χ0v) is 9.54. The van der Waals surface area contributed by atoms with E-state index in [1.807, 2.05) is 0 Å². The molecule has 16 heavy (non-hydrogen) atoms. The van der Waals surface area contributed by atoms with Crippen LogP contribution in [-0.4, -0.2) is 20.1 Å². The second kappa shape index (κ2) is 3.84. The number of hydrogen-bond donors (Lipinski definition) is 2. The number of pyridine rings is 1. The van der Waals surface area contributed by atoms with Crippen LogP contribution in [0.2, 0.25) is 5.02 Å². The number of aromatic nitrogens is 3.